The van der Waals surface area contributed by atoms with Crippen molar-refractivity contribution in [3.8, 4) is 0 Å². The molecule has 1 aromatic heterocycles. The van der Waals surface area contributed by atoms with Crippen LogP contribution < -0.4 is 5.32 Å². The molecule has 98 valence electrons. The van der Waals surface area contributed by atoms with Crippen LogP contribution in [0.15, 0.2) is 30.5 Å². The molecule has 0 fully saturated rings. The van der Waals surface area contributed by atoms with E-state index in [1.165, 1.54) is 16.5 Å². The summed E-state index contributed by atoms with van der Waals surface area (Å²) in [7, 11) is 0. The summed E-state index contributed by atoms with van der Waals surface area (Å²) in [5.41, 5.74) is 2.41. The monoisotopic (exact) mass is 246 g/mol. The number of nitrogens with one attached hydrogen (secondary N) is 2. The second kappa shape index (κ2) is 6.03. The van der Waals surface area contributed by atoms with Gasteiger partial charge < -0.3 is 15.4 Å². The van der Waals surface area contributed by atoms with Gasteiger partial charge in [0.15, 0.2) is 0 Å². The van der Waals surface area contributed by atoms with Gasteiger partial charge in [-0.25, -0.2) is 0 Å². The van der Waals surface area contributed by atoms with Gasteiger partial charge in [0.25, 0.3) is 0 Å². The summed E-state index contributed by atoms with van der Waals surface area (Å²) >= 11 is 0. The lowest BCUT2D eigenvalue weighted by atomic mass is 10.0. The van der Waals surface area contributed by atoms with Gasteiger partial charge in [-0.15, -0.1) is 0 Å². The Morgan fingerprint density at radius 1 is 1.28 bits per heavy atom. The maximum absolute atomic E-state index is 9.32. The quantitative estimate of drug-likeness (QED) is 0.734. The van der Waals surface area contributed by atoms with E-state index in [1.807, 2.05) is 6.20 Å². The van der Waals surface area contributed by atoms with Crippen molar-refractivity contribution in [2.75, 3.05) is 6.61 Å². The lowest BCUT2D eigenvalue weighted by molar-refractivity contribution is 0.223. The number of hydrogen-bond acceptors (Lipinski definition) is 2. The Bertz CT molecular complexity index is 490. The minimum Gasteiger partial charge on any atom is -0.395 e. The molecule has 1 aromatic carbocycles. The van der Waals surface area contributed by atoms with Crippen LogP contribution in [0.3, 0.4) is 0 Å². The van der Waals surface area contributed by atoms with Crippen LogP contribution in [0, 0.1) is 5.92 Å². The van der Waals surface area contributed by atoms with E-state index in [9.17, 15) is 5.11 Å². The zero-order valence-electron chi connectivity index (χ0n) is 11.1. The molecule has 0 amide bonds. The summed E-state index contributed by atoms with van der Waals surface area (Å²) < 4.78 is 0. The van der Waals surface area contributed by atoms with Crippen LogP contribution in [0.5, 0.6) is 0 Å². The number of hydrogen-bond donors (Lipinski definition) is 3. The molecular formula is C15H22N2O. The van der Waals surface area contributed by atoms with Crippen molar-refractivity contribution in [2.45, 2.75) is 32.9 Å². The van der Waals surface area contributed by atoms with E-state index in [1.54, 1.807) is 0 Å². The molecule has 0 radical (unpaired) electrons. The van der Waals surface area contributed by atoms with Crippen LogP contribution in [-0.2, 0) is 6.54 Å². The molecule has 1 atom stereocenters. The number of H-pyrrole nitrogens is 1. The minimum atomic E-state index is 0.185. The van der Waals surface area contributed by atoms with Crippen molar-refractivity contribution >= 4 is 10.9 Å². The highest BCUT2D eigenvalue weighted by atomic mass is 16.3. The van der Waals surface area contributed by atoms with Crippen LogP contribution in [0.1, 0.15) is 25.8 Å². The van der Waals surface area contributed by atoms with E-state index in [-0.39, 0.29) is 12.6 Å². The zero-order valence-corrected chi connectivity index (χ0v) is 11.1. The second-order valence-electron chi connectivity index (χ2n) is 5.29. The van der Waals surface area contributed by atoms with Crippen LogP contribution in [-0.4, -0.2) is 22.7 Å². The maximum Gasteiger partial charge on any atom is 0.0584 e. The first kappa shape index (κ1) is 13.1. The molecule has 3 heteroatoms. The number of aliphatic hydroxyl groups excluding tert-OH is 1. The molecule has 0 saturated heterocycles. The molecule has 1 unspecified atom stereocenters. The largest absolute Gasteiger partial charge is 0.395 e. The summed E-state index contributed by atoms with van der Waals surface area (Å²) in [6.45, 7) is 5.35. The number of aromatic amines is 1. The average molecular weight is 246 g/mol. The summed E-state index contributed by atoms with van der Waals surface area (Å²) in [5.74, 6) is 0.598. The highest BCUT2D eigenvalue weighted by Crippen LogP contribution is 2.14. The predicted octanol–water partition coefficient (Wildman–Crippen LogP) is 2.66. The van der Waals surface area contributed by atoms with Crippen LogP contribution in [0.4, 0.5) is 0 Å². The zero-order chi connectivity index (χ0) is 13.0. The van der Waals surface area contributed by atoms with Gasteiger partial charge in [-0.1, -0.05) is 26.0 Å². The van der Waals surface area contributed by atoms with Gasteiger partial charge in [-0.3, -0.25) is 0 Å². The number of rotatable bonds is 6. The molecular weight excluding hydrogens is 224 g/mol. The first-order chi connectivity index (χ1) is 8.69. The number of benzene rings is 1. The Hall–Kier alpha value is -1.32. The lowest BCUT2D eigenvalue weighted by Crippen LogP contribution is -2.33. The van der Waals surface area contributed by atoms with E-state index >= 15 is 0 Å². The smallest absolute Gasteiger partial charge is 0.0584 e. The normalized spacial score (nSPS) is 13.3. The Morgan fingerprint density at radius 3 is 2.83 bits per heavy atom. The van der Waals surface area contributed by atoms with Crippen molar-refractivity contribution in [3.63, 3.8) is 0 Å². The topological polar surface area (TPSA) is 48.0 Å². The predicted molar refractivity (Wildman–Crippen MR) is 75.5 cm³/mol. The van der Waals surface area contributed by atoms with Gasteiger partial charge in [0, 0.05) is 24.3 Å². The van der Waals surface area contributed by atoms with Crippen molar-refractivity contribution in [3.05, 3.63) is 36.0 Å². The molecule has 0 saturated carbocycles. The van der Waals surface area contributed by atoms with E-state index in [0.29, 0.717) is 5.92 Å². The third-order valence-corrected chi connectivity index (χ3v) is 3.19. The van der Waals surface area contributed by atoms with E-state index in [2.05, 4.69) is 48.4 Å². The molecule has 18 heavy (non-hydrogen) atoms. The molecule has 0 bridgehead atoms. The number of aliphatic hydroxyl groups is 1. The van der Waals surface area contributed by atoms with Crippen LogP contribution in [0.25, 0.3) is 10.9 Å². The van der Waals surface area contributed by atoms with E-state index in [0.717, 1.165) is 13.0 Å². The Kier molecular flexibility index (Phi) is 4.39. The molecule has 0 aliphatic carbocycles. The fraction of sp³-hybridized carbons (Fsp3) is 0.467. The fourth-order valence-corrected chi connectivity index (χ4v) is 2.26. The van der Waals surface area contributed by atoms with Crippen molar-refractivity contribution in [2.24, 2.45) is 5.92 Å². The van der Waals surface area contributed by atoms with Gasteiger partial charge in [0.2, 0.25) is 0 Å². The molecule has 3 nitrogen and oxygen atoms in total. The second-order valence-corrected chi connectivity index (χ2v) is 5.29. The first-order valence-corrected chi connectivity index (χ1v) is 6.59. The number of aromatic nitrogens is 1. The first-order valence-electron chi connectivity index (χ1n) is 6.59. The third kappa shape index (κ3) is 3.34. The van der Waals surface area contributed by atoms with Gasteiger partial charge in [-0.05, 0) is 35.4 Å². The molecule has 2 aromatic rings. The summed E-state index contributed by atoms with van der Waals surface area (Å²) in [6, 6.07) is 8.67. The highest BCUT2D eigenvalue weighted by Gasteiger charge is 2.09. The van der Waals surface area contributed by atoms with Crippen molar-refractivity contribution in [1.29, 1.82) is 0 Å². The summed E-state index contributed by atoms with van der Waals surface area (Å²) in [4.78, 5) is 3.22. The Labute approximate surface area is 108 Å². The molecule has 2 rings (SSSR count). The third-order valence-electron chi connectivity index (χ3n) is 3.19. The van der Waals surface area contributed by atoms with E-state index in [4.69, 9.17) is 0 Å². The molecule has 0 spiro atoms. The Morgan fingerprint density at radius 2 is 2.11 bits per heavy atom. The van der Waals surface area contributed by atoms with E-state index < -0.39 is 0 Å². The maximum atomic E-state index is 9.32. The van der Waals surface area contributed by atoms with Gasteiger partial charge in [0.1, 0.15) is 0 Å². The van der Waals surface area contributed by atoms with Gasteiger partial charge >= 0.3 is 0 Å². The molecule has 0 aliphatic heterocycles. The minimum absolute atomic E-state index is 0.185. The molecule has 0 aliphatic rings. The molecule has 3 N–H and O–H groups in total. The highest BCUT2D eigenvalue weighted by molar-refractivity contribution is 5.79. The SMILES string of the molecule is CC(C)CC(CO)NCc1ccc2cc[nH]c2c1. The fourth-order valence-electron chi connectivity index (χ4n) is 2.26. The van der Waals surface area contributed by atoms with Crippen LogP contribution in [0.2, 0.25) is 0 Å². The van der Waals surface area contributed by atoms with Crippen molar-refractivity contribution in [1.82, 2.24) is 10.3 Å². The van der Waals surface area contributed by atoms with Crippen molar-refractivity contribution < 1.29 is 5.11 Å². The van der Waals surface area contributed by atoms with Gasteiger partial charge in [0.05, 0.1) is 6.61 Å². The standard InChI is InChI=1S/C15H22N2O/c1-11(2)7-14(10-18)17-9-12-3-4-13-5-6-16-15(13)8-12/h3-6,8,11,14,16-18H,7,9-10H2,1-2H3. The summed E-state index contributed by atoms with van der Waals surface area (Å²) in [5, 5.41) is 14.0. The van der Waals surface area contributed by atoms with Gasteiger partial charge in [-0.2, -0.15) is 0 Å². The van der Waals surface area contributed by atoms with Crippen LogP contribution >= 0.6 is 0 Å². The Balaban J connectivity index is 1.95. The number of fused-ring (bicyclic) bond motifs is 1. The molecule has 1 heterocycles. The summed E-state index contributed by atoms with van der Waals surface area (Å²) in [6.07, 6.45) is 2.96. The average Bonchev–Trinajstić information content (AvgIpc) is 2.81. The lowest BCUT2D eigenvalue weighted by Gasteiger charge is -2.18.